The molecule has 1 N–H and O–H groups in total. The number of amides is 2. The van der Waals surface area contributed by atoms with Gasteiger partial charge in [-0.2, -0.15) is 13.2 Å². The normalized spacial score (nSPS) is 30.7. The molecule has 0 radical (unpaired) electrons. The van der Waals surface area contributed by atoms with Gasteiger partial charge in [0.1, 0.15) is 0 Å². The van der Waals surface area contributed by atoms with E-state index in [0.29, 0.717) is 6.21 Å². The molecule has 0 unspecified atom stereocenters. The molecule has 1 rings (SSSR count). The maximum atomic E-state index is 12.0. The molecule has 62 valence electrons. The molecule has 0 aliphatic carbocycles. The van der Waals surface area contributed by atoms with Crippen LogP contribution in [0.4, 0.5) is 18.0 Å². The SMILES string of the molecule is C[C@@]1(C(F)(F)F)C=NC(=O)N1. The van der Waals surface area contributed by atoms with Crippen molar-refractivity contribution in [3.63, 3.8) is 0 Å². The number of hydrogen-bond donors (Lipinski definition) is 1. The van der Waals surface area contributed by atoms with Crippen LogP contribution in [0, 0.1) is 0 Å². The van der Waals surface area contributed by atoms with Crippen LogP contribution in [-0.2, 0) is 0 Å². The fourth-order valence-corrected chi connectivity index (χ4v) is 0.618. The lowest BCUT2D eigenvalue weighted by Gasteiger charge is -2.23. The van der Waals surface area contributed by atoms with Crippen molar-refractivity contribution in [1.29, 1.82) is 0 Å². The van der Waals surface area contributed by atoms with Crippen molar-refractivity contribution < 1.29 is 18.0 Å². The van der Waals surface area contributed by atoms with Crippen molar-refractivity contribution in [2.45, 2.75) is 18.6 Å². The Kier molecular flexibility index (Phi) is 1.43. The number of carbonyl (C=O) groups is 1. The van der Waals surface area contributed by atoms with Crippen molar-refractivity contribution in [2.75, 3.05) is 0 Å². The number of carbonyl (C=O) groups excluding carboxylic acids is 1. The van der Waals surface area contributed by atoms with Crippen LogP contribution in [-0.4, -0.2) is 24.0 Å². The zero-order chi connectivity index (χ0) is 8.70. The smallest absolute Gasteiger partial charge is 0.318 e. The summed E-state index contributed by atoms with van der Waals surface area (Å²) in [5, 5.41) is 1.68. The second-order valence-electron chi connectivity index (χ2n) is 2.39. The van der Waals surface area contributed by atoms with Gasteiger partial charge in [0.2, 0.25) is 0 Å². The molecule has 1 atom stereocenters. The minimum Gasteiger partial charge on any atom is -0.318 e. The third-order valence-electron chi connectivity index (χ3n) is 1.40. The molecule has 2 amide bonds. The number of nitrogens with zero attached hydrogens (tertiary/aromatic N) is 1. The second-order valence-corrected chi connectivity index (χ2v) is 2.39. The Morgan fingerprint density at radius 3 is 2.36 bits per heavy atom. The Labute approximate surface area is 60.3 Å². The summed E-state index contributed by atoms with van der Waals surface area (Å²) in [6.07, 6.45) is -3.92. The summed E-state index contributed by atoms with van der Waals surface area (Å²) in [6.45, 7) is 0.849. The zero-order valence-corrected chi connectivity index (χ0v) is 5.57. The first kappa shape index (κ1) is 8.03. The molecule has 0 aromatic heterocycles. The average Bonchev–Trinajstić information content (AvgIpc) is 2.10. The highest BCUT2D eigenvalue weighted by atomic mass is 19.4. The minimum absolute atomic E-state index is 0.565. The summed E-state index contributed by atoms with van der Waals surface area (Å²) in [5.74, 6) is 0. The maximum Gasteiger partial charge on any atom is 0.416 e. The van der Waals surface area contributed by atoms with E-state index in [1.807, 2.05) is 0 Å². The topological polar surface area (TPSA) is 41.5 Å². The summed E-state index contributed by atoms with van der Waals surface area (Å²) in [4.78, 5) is 13.3. The lowest BCUT2D eigenvalue weighted by atomic mass is 10.1. The van der Waals surface area contributed by atoms with Crippen molar-refractivity contribution >= 4 is 12.2 Å². The number of aliphatic imine (C=N–C) groups is 1. The molecular formula is C5H5F3N2O. The molecule has 0 fully saturated rings. The van der Waals surface area contributed by atoms with E-state index in [1.165, 1.54) is 0 Å². The molecule has 6 heteroatoms. The average molecular weight is 166 g/mol. The Balaban J connectivity index is 2.88. The van der Waals surface area contributed by atoms with E-state index in [9.17, 15) is 18.0 Å². The molecule has 11 heavy (non-hydrogen) atoms. The van der Waals surface area contributed by atoms with Gasteiger partial charge in [0.15, 0.2) is 5.54 Å². The highest BCUT2D eigenvalue weighted by Crippen LogP contribution is 2.30. The fourth-order valence-electron chi connectivity index (χ4n) is 0.618. The van der Waals surface area contributed by atoms with Gasteiger partial charge in [0, 0.05) is 6.21 Å². The van der Waals surface area contributed by atoms with Crippen molar-refractivity contribution in [2.24, 2.45) is 4.99 Å². The summed E-state index contributed by atoms with van der Waals surface area (Å²) in [6, 6.07) is -0.954. The van der Waals surface area contributed by atoms with Gasteiger partial charge in [-0.3, -0.25) is 0 Å². The van der Waals surface area contributed by atoms with Crippen molar-refractivity contribution in [1.82, 2.24) is 5.32 Å². The molecular weight excluding hydrogens is 161 g/mol. The second kappa shape index (κ2) is 1.96. The molecule has 0 saturated heterocycles. The van der Waals surface area contributed by atoms with Gasteiger partial charge >= 0.3 is 12.2 Å². The largest absolute Gasteiger partial charge is 0.416 e. The van der Waals surface area contributed by atoms with Gasteiger partial charge in [-0.25, -0.2) is 9.79 Å². The van der Waals surface area contributed by atoms with E-state index >= 15 is 0 Å². The molecule has 0 aromatic rings. The van der Waals surface area contributed by atoms with Gasteiger partial charge in [0.25, 0.3) is 0 Å². The van der Waals surface area contributed by atoms with Gasteiger partial charge in [-0.15, -0.1) is 0 Å². The molecule has 0 spiro atoms. The molecule has 1 aliphatic heterocycles. The van der Waals surface area contributed by atoms with E-state index in [2.05, 4.69) is 4.99 Å². The summed E-state index contributed by atoms with van der Waals surface area (Å²) >= 11 is 0. The first-order valence-electron chi connectivity index (χ1n) is 2.79. The van der Waals surface area contributed by atoms with Crippen molar-refractivity contribution in [3.05, 3.63) is 0 Å². The first-order valence-corrected chi connectivity index (χ1v) is 2.79. The summed E-state index contributed by atoms with van der Waals surface area (Å²) in [5.41, 5.74) is -2.29. The molecule has 1 heterocycles. The van der Waals surface area contributed by atoms with Crippen LogP contribution in [0.25, 0.3) is 0 Å². The maximum absolute atomic E-state index is 12.0. The Morgan fingerprint density at radius 2 is 2.18 bits per heavy atom. The van der Waals surface area contributed by atoms with Gasteiger partial charge in [-0.05, 0) is 6.92 Å². The van der Waals surface area contributed by atoms with Crippen molar-refractivity contribution in [3.8, 4) is 0 Å². The van der Waals surface area contributed by atoms with Crippen LogP contribution in [0.15, 0.2) is 4.99 Å². The predicted octanol–water partition coefficient (Wildman–Crippen LogP) is 1.10. The number of hydrogen-bond acceptors (Lipinski definition) is 1. The van der Waals surface area contributed by atoms with E-state index in [1.54, 1.807) is 5.32 Å². The number of nitrogens with one attached hydrogen (secondary N) is 1. The minimum atomic E-state index is -4.48. The van der Waals surface area contributed by atoms with Crippen LogP contribution in [0.3, 0.4) is 0 Å². The monoisotopic (exact) mass is 166 g/mol. The first-order chi connectivity index (χ1) is 4.85. The lowest BCUT2D eigenvalue weighted by Crippen LogP contribution is -2.53. The van der Waals surface area contributed by atoms with Crippen LogP contribution in [0.5, 0.6) is 0 Å². The molecule has 3 nitrogen and oxygen atoms in total. The summed E-state index contributed by atoms with van der Waals surface area (Å²) in [7, 11) is 0. The van der Waals surface area contributed by atoms with E-state index in [0.717, 1.165) is 6.92 Å². The molecule has 0 aromatic carbocycles. The highest BCUT2D eigenvalue weighted by Gasteiger charge is 2.53. The Hall–Kier alpha value is -1.07. The standard InChI is InChI=1S/C5H5F3N2O/c1-4(5(6,7)8)2-9-3(11)10-4/h2H,1H3,(H,10,11)/t4-/m0/s1. The van der Waals surface area contributed by atoms with Crippen LogP contribution in [0.2, 0.25) is 0 Å². The number of rotatable bonds is 0. The van der Waals surface area contributed by atoms with E-state index in [4.69, 9.17) is 0 Å². The molecule has 0 bridgehead atoms. The van der Waals surface area contributed by atoms with Crippen LogP contribution in [0.1, 0.15) is 6.92 Å². The predicted molar refractivity (Wildman–Crippen MR) is 31.5 cm³/mol. The van der Waals surface area contributed by atoms with E-state index < -0.39 is 17.7 Å². The zero-order valence-electron chi connectivity index (χ0n) is 5.57. The molecule has 0 saturated carbocycles. The van der Waals surface area contributed by atoms with Gasteiger partial charge in [0.05, 0.1) is 0 Å². The third kappa shape index (κ3) is 1.20. The van der Waals surface area contributed by atoms with Gasteiger partial charge < -0.3 is 5.32 Å². The quantitative estimate of drug-likeness (QED) is 0.575. The fraction of sp³-hybridized carbons (Fsp3) is 0.600. The Bertz CT molecular complexity index is 222. The number of urea groups is 1. The number of halogens is 3. The van der Waals surface area contributed by atoms with Crippen LogP contribution >= 0.6 is 0 Å². The lowest BCUT2D eigenvalue weighted by molar-refractivity contribution is -0.164. The third-order valence-corrected chi connectivity index (χ3v) is 1.40. The highest BCUT2D eigenvalue weighted by molar-refractivity contribution is 5.95. The summed E-state index contributed by atoms with van der Waals surface area (Å²) < 4.78 is 36.0. The Morgan fingerprint density at radius 1 is 1.64 bits per heavy atom. The molecule has 1 aliphatic rings. The van der Waals surface area contributed by atoms with Crippen LogP contribution < -0.4 is 5.32 Å². The van der Waals surface area contributed by atoms with E-state index in [-0.39, 0.29) is 0 Å². The van der Waals surface area contributed by atoms with Gasteiger partial charge in [-0.1, -0.05) is 0 Å². The number of alkyl halides is 3.